The monoisotopic (exact) mass is 384 g/mol. The van der Waals surface area contributed by atoms with E-state index in [9.17, 15) is 40.0 Å². The maximum atomic E-state index is 13.3. The minimum absolute atomic E-state index is 0.0690. The van der Waals surface area contributed by atoms with E-state index >= 15 is 0 Å². The number of rotatable bonds is 5. The molecule has 2 N–H and O–H groups in total. The van der Waals surface area contributed by atoms with E-state index in [1.165, 1.54) is 0 Å². The molecule has 1 rings (SSSR count). The SMILES string of the molecule is O=C(O)C1CCCCC1C(=O)OC(C(F)(F)F)C(F)(F)S(=O)(=O)O. The first kappa shape index (κ1) is 20.5. The Balaban J connectivity index is 3.11. The molecule has 13 heteroatoms. The van der Waals surface area contributed by atoms with Gasteiger partial charge in [-0.25, -0.2) is 0 Å². The van der Waals surface area contributed by atoms with E-state index in [-0.39, 0.29) is 19.3 Å². The molecule has 7 nitrogen and oxygen atoms in total. The Hall–Kier alpha value is -1.50. The van der Waals surface area contributed by atoms with Gasteiger partial charge in [-0.3, -0.25) is 14.1 Å². The largest absolute Gasteiger partial charge is 0.481 e. The Morgan fingerprint density at radius 1 is 1.04 bits per heavy atom. The second kappa shape index (κ2) is 6.78. The van der Waals surface area contributed by atoms with Gasteiger partial charge < -0.3 is 9.84 Å². The molecule has 1 aliphatic carbocycles. The summed E-state index contributed by atoms with van der Waals surface area (Å²) in [5.41, 5.74) is 0. The molecule has 1 saturated carbocycles. The van der Waals surface area contributed by atoms with Gasteiger partial charge in [0.15, 0.2) is 0 Å². The quantitative estimate of drug-likeness (QED) is 0.422. The summed E-state index contributed by atoms with van der Waals surface area (Å²) in [5, 5.41) is 3.09. The van der Waals surface area contributed by atoms with E-state index in [2.05, 4.69) is 4.74 Å². The smallest absolute Gasteiger partial charge is 0.432 e. The molecule has 0 aromatic heterocycles. The molecular weight excluding hydrogens is 371 g/mol. The Labute approximate surface area is 132 Å². The van der Waals surface area contributed by atoms with Crippen molar-refractivity contribution in [2.24, 2.45) is 11.8 Å². The van der Waals surface area contributed by atoms with Crippen LogP contribution in [0.15, 0.2) is 0 Å². The number of hydrogen-bond acceptors (Lipinski definition) is 5. The number of ether oxygens (including phenoxy) is 1. The minimum Gasteiger partial charge on any atom is -0.481 e. The molecule has 0 amide bonds. The van der Waals surface area contributed by atoms with Crippen LogP contribution in [0.25, 0.3) is 0 Å². The van der Waals surface area contributed by atoms with Gasteiger partial charge in [0.05, 0.1) is 11.8 Å². The van der Waals surface area contributed by atoms with Crippen LogP contribution in [0.2, 0.25) is 0 Å². The van der Waals surface area contributed by atoms with Crippen LogP contribution in [-0.2, 0) is 24.4 Å². The Kier molecular flexibility index (Phi) is 5.81. The molecule has 0 heterocycles. The van der Waals surface area contributed by atoms with Gasteiger partial charge in [-0.15, -0.1) is 0 Å². The maximum Gasteiger partial charge on any atom is 0.432 e. The fraction of sp³-hybridized carbons (Fsp3) is 0.818. The first-order valence-corrected chi connectivity index (χ1v) is 7.98. The van der Waals surface area contributed by atoms with Crippen LogP contribution in [0.1, 0.15) is 25.7 Å². The average molecular weight is 384 g/mol. The van der Waals surface area contributed by atoms with Crippen molar-refractivity contribution in [2.45, 2.75) is 43.2 Å². The summed E-state index contributed by atoms with van der Waals surface area (Å²) >= 11 is 0. The van der Waals surface area contributed by atoms with Gasteiger partial charge >= 0.3 is 33.5 Å². The van der Waals surface area contributed by atoms with Gasteiger partial charge in [0.1, 0.15) is 0 Å². The zero-order valence-corrected chi connectivity index (χ0v) is 12.6. The Bertz CT molecular complexity index is 600. The van der Waals surface area contributed by atoms with Crippen molar-refractivity contribution in [3.63, 3.8) is 0 Å². The molecule has 24 heavy (non-hydrogen) atoms. The molecular formula is C11H13F5O7S. The summed E-state index contributed by atoms with van der Waals surface area (Å²) in [4.78, 5) is 22.7. The van der Waals surface area contributed by atoms with E-state index in [4.69, 9.17) is 9.66 Å². The van der Waals surface area contributed by atoms with Gasteiger partial charge in [-0.2, -0.15) is 30.4 Å². The van der Waals surface area contributed by atoms with E-state index < -0.39 is 51.4 Å². The highest BCUT2D eigenvalue weighted by Gasteiger charge is 2.66. The third kappa shape index (κ3) is 4.32. The van der Waals surface area contributed by atoms with Gasteiger partial charge in [0, 0.05) is 0 Å². The molecule has 0 aromatic rings. The normalized spacial score (nSPS) is 24.2. The van der Waals surface area contributed by atoms with Gasteiger partial charge in [0.25, 0.3) is 6.10 Å². The number of carboxylic acid groups (broad SMARTS) is 1. The van der Waals surface area contributed by atoms with Crippen molar-refractivity contribution in [3.05, 3.63) is 0 Å². The summed E-state index contributed by atoms with van der Waals surface area (Å²) < 4.78 is 97.6. The number of halogens is 5. The van der Waals surface area contributed by atoms with Crippen LogP contribution in [0.3, 0.4) is 0 Å². The third-order valence-electron chi connectivity index (χ3n) is 3.57. The number of carbonyl (C=O) groups is 2. The fourth-order valence-corrected chi connectivity index (χ4v) is 2.83. The lowest BCUT2D eigenvalue weighted by Crippen LogP contribution is -2.53. The lowest BCUT2D eigenvalue weighted by Gasteiger charge is -2.31. The first-order chi connectivity index (χ1) is 10.7. The van der Waals surface area contributed by atoms with Crippen molar-refractivity contribution >= 4 is 22.1 Å². The van der Waals surface area contributed by atoms with Crippen LogP contribution < -0.4 is 0 Å². The highest BCUT2D eigenvalue weighted by molar-refractivity contribution is 7.86. The lowest BCUT2D eigenvalue weighted by molar-refractivity contribution is -0.261. The standard InChI is InChI=1S/C11H13F5O7S/c12-10(13,14)9(11(15,16)24(20,21)22)23-8(19)6-4-2-1-3-5(6)7(17)18/h5-6,9H,1-4H2,(H,17,18)(H,20,21,22). The van der Waals surface area contributed by atoms with Crippen molar-refractivity contribution < 1.29 is 54.4 Å². The molecule has 1 aliphatic rings. The predicted octanol–water partition coefficient (Wildman–Crippen LogP) is 1.83. The number of carboxylic acids is 1. The van der Waals surface area contributed by atoms with Crippen LogP contribution >= 0.6 is 0 Å². The predicted molar refractivity (Wildman–Crippen MR) is 65.5 cm³/mol. The van der Waals surface area contributed by atoms with Crippen molar-refractivity contribution in [1.29, 1.82) is 0 Å². The van der Waals surface area contributed by atoms with Gasteiger partial charge in [0.2, 0.25) is 0 Å². The van der Waals surface area contributed by atoms with Crippen molar-refractivity contribution in [2.75, 3.05) is 0 Å². The van der Waals surface area contributed by atoms with E-state index in [1.807, 2.05) is 0 Å². The van der Waals surface area contributed by atoms with Gasteiger partial charge in [-0.05, 0) is 12.8 Å². The number of esters is 1. The van der Waals surface area contributed by atoms with Crippen LogP contribution in [0.4, 0.5) is 22.0 Å². The zero-order valence-electron chi connectivity index (χ0n) is 11.8. The van der Waals surface area contributed by atoms with Crippen molar-refractivity contribution in [1.82, 2.24) is 0 Å². The molecule has 0 spiro atoms. The minimum atomic E-state index is -6.54. The zero-order chi connectivity index (χ0) is 18.9. The summed E-state index contributed by atoms with van der Waals surface area (Å²) in [5.74, 6) is -6.48. The summed E-state index contributed by atoms with van der Waals surface area (Å²) in [7, 11) is -6.54. The Morgan fingerprint density at radius 3 is 1.88 bits per heavy atom. The molecule has 3 atom stereocenters. The first-order valence-electron chi connectivity index (χ1n) is 6.54. The second-order valence-electron chi connectivity index (χ2n) is 5.23. The second-order valence-corrected chi connectivity index (χ2v) is 6.73. The highest BCUT2D eigenvalue weighted by atomic mass is 32.2. The summed E-state index contributed by atoms with van der Waals surface area (Å²) in [6.07, 6.45) is -10.1. The number of hydrogen-bond donors (Lipinski definition) is 2. The highest BCUT2D eigenvalue weighted by Crippen LogP contribution is 2.40. The van der Waals surface area contributed by atoms with Gasteiger partial charge in [-0.1, -0.05) is 12.8 Å². The van der Waals surface area contributed by atoms with Crippen LogP contribution in [0, 0.1) is 11.8 Å². The molecule has 0 bridgehead atoms. The van der Waals surface area contributed by atoms with E-state index in [0.29, 0.717) is 6.42 Å². The summed E-state index contributed by atoms with van der Waals surface area (Å²) in [6, 6.07) is 0. The fourth-order valence-electron chi connectivity index (χ4n) is 2.37. The molecule has 0 aliphatic heterocycles. The number of alkyl halides is 5. The maximum absolute atomic E-state index is 13.3. The third-order valence-corrected chi connectivity index (χ3v) is 4.47. The molecule has 0 radical (unpaired) electrons. The Morgan fingerprint density at radius 2 is 1.50 bits per heavy atom. The van der Waals surface area contributed by atoms with Crippen molar-refractivity contribution in [3.8, 4) is 0 Å². The summed E-state index contributed by atoms with van der Waals surface area (Å²) in [6.45, 7) is 0. The topological polar surface area (TPSA) is 118 Å². The lowest BCUT2D eigenvalue weighted by atomic mass is 9.79. The molecule has 3 unspecified atom stereocenters. The molecule has 0 aromatic carbocycles. The molecule has 0 saturated heterocycles. The molecule has 140 valence electrons. The van der Waals surface area contributed by atoms with Crippen LogP contribution in [0.5, 0.6) is 0 Å². The number of aliphatic carboxylic acids is 1. The van der Waals surface area contributed by atoms with Crippen LogP contribution in [-0.4, -0.2) is 47.6 Å². The van der Waals surface area contributed by atoms with E-state index in [1.54, 1.807) is 0 Å². The average Bonchev–Trinajstić information content (AvgIpc) is 2.41. The molecule has 1 fully saturated rings. The number of carbonyl (C=O) groups excluding carboxylic acids is 1. The van der Waals surface area contributed by atoms with E-state index in [0.717, 1.165) is 0 Å².